The number of nitrogens with one attached hydrogen (secondary N) is 1. The lowest BCUT2D eigenvalue weighted by atomic mass is 9.86. The largest absolute Gasteiger partial charge is 0.456 e. The molecule has 2 bridgehead atoms. The van der Waals surface area contributed by atoms with Crippen LogP contribution in [0.1, 0.15) is 39.0 Å². The SMILES string of the molecule is CCn1c2ccccc2c2cc(NC(=O)COC(=O)C[C@H]3C[C@@H]4CC[C@@H]3C4)ccc21. The first-order valence-corrected chi connectivity index (χ1v) is 11.1. The lowest BCUT2D eigenvalue weighted by molar-refractivity contribution is -0.148. The predicted molar refractivity (Wildman–Crippen MR) is 118 cm³/mol. The highest BCUT2D eigenvalue weighted by atomic mass is 16.5. The van der Waals surface area contributed by atoms with Crippen LogP contribution in [-0.2, 0) is 20.9 Å². The van der Waals surface area contributed by atoms with Crippen molar-refractivity contribution < 1.29 is 14.3 Å². The van der Waals surface area contributed by atoms with Crippen molar-refractivity contribution in [2.24, 2.45) is 17.8 Å². The number of carbonyl (C=O) groups excluding carboxylic acids is 2. The van der Waals surface area contributed by atoms with Gasteiger partial charge >= 0.3 is 5.97 Å². The number of amides is 1. The molecule has 156 valence electrons. The number of anilines is 1. The molecule has 0 aliphatic heterocycles. The topological polar surface area (TPSA) is 60.3 Å². The maximum atomic E-state index is 12.3. The monoisotopic (exact) mass is 404 g/mol. The quantitative estimate of drug-likeness (QED) is 0.580. The van der Waals surface area contributed by atoms with Crippen molar-refractivity contribution in [1.82, 2.24) is 4.57 Å². The van der Waals surface area contributed by atoms with Crippen LogP contribution in [0.3, 0.4) is 0 Å². The number of rotatable bonds is 6. The summed E-state index contributed by atoms with van der Waals surface area (Å²) in [6.45, 7) is 2.79. The normalized spacial score (nSPS) is 22.6. The molecule has 5 heteroatoms. The van der Waals surface area contributed by atoms with E-state index < -0.39 is 0 Å². The maximum absolute atomic E-state index is 12.3. The zero-order valence-corrected chi connectivity index (χ0v) is 17.4. The molecule has 3 atom stereocenters. The minimum absolute atomic E-state index is 0.228. The summed E-state index contributed by atoms with van der Waals surface area (Å²) < 4.78 is 7.54. The van der Waals surface area contributed by atoms with Crippen LogP contribution >= 0.6 is 0 Å². The number of nitrogens with zero attached hydrogens (tertiary/aromatic N) is 1. The number of carbonyl (C=O) groups is 2. The Bertz CT molecular complexity index is 1120. The molecule has 1 aromatic heterocycles. The molecule has 2 saturated carbocycles. The molecule has 0 unspecified atom stereocenters. The lowest BCUT2D eigenvalue weighted by Crippen LogP contribution is -2.23. The molecule has 2 fully saturated rings. The molecule has 1 amide bonds. The third kappa shape index (κ3) is 3.47. The first-order chi connectivity index (χ1) is 14.6. The lowest BCUT2D eigenvalue weighted by Gasteiger charge is -2.20. The summed E-state index contributed by atoms with van der Waals surface area (Å²) in [4.78, 5) is 24.5. The molecule has 2 aliphatic rings. The second-order valence-corrected chi connectivity index (χ2v) is 8.84. The van der Waals surface area contributed by atoms with E-state index in [0.29, 0.717) is 18.3 Å². The van der Waals surface area contributed by atoms with Gasteiger partial charge in [-0.3, -0.25) is 9.59 Å². The molecule has 2 aliphatic carbocycles. The number of hydrogen-bond donors (Lipinski definition) is 1. The Morgan fingerprint density at radius 2 is 1.90 bits per heavy atom. The van der Waals surface area contributed by atoms with E-state index in [1.54, 1.807) is 0 Å². The Morgan fingerprint density at radius 3 is 2.67 bits per heavy atom. The first kappa shape index (κ1) is 19.2. The summed E-state index contributed by atoms with van der Waals surface area (Å²) in [5.41, 5.74) is 3.05. The summed E-state index contributed by atoms with van der Waals surface area (Å²) in [7, 11) is 0. The Kier molecular flexibility index (Phi) is 4.97. The van der Waals surface area contributed by atoms with E-state index in [9.17, 15) is 9.59 Å². The van der Waals surface area contributed by atoms with Gasteiger partial charge in [-0.1, -0.05) is 24.6 Å². The molecule has 0 radical (unpaired) electrons. The smallest absolute Gasteiger partial charge is 0.306 e. The Hall–Kier alpha value is -2.82. The third-order valence-electron chi connectivity index (χ3n) is 7.05. The van der Waals surface area contributed by atoms with Gasteiger partial charge in [-0.25, -0.2) is 0 Å². The average molecular weight is 405 g/mol. The first-order valence-electron chi connectivity index (χ1n) is 11.1. The Balaban J connectivity index is 1.22. The van der Waals surface area contributed by atoms with Gasteiger partial charge in [0.25, 0.3) is 5.91 Å². The van der Waals surface area contributed by atoms with Crippen molar-refractivity contribution in [3.8, 4) is 0 Å². The molecular weight excluding hydrogens is 376 g/mol. The number of ether oxygens (including phenoxy) is 1. The second kappa shape index (κ2) is 7.78. The highest BCUT2D eigenvalue weighted by Gasteiger charge is 2.40. The van der Waals surface area contributed by atoms with Crippen LogP contribution in [0.15, 0.2) is 42.5 Å². The minimum atomic E-state index is -0.296. The van der Waals surface area contributed by atoms with Crippen molar-refractivity contribution in [1.29, 1.82) is 0 Å². The average Bonchev–Trinajstić information content (AvgIpc) is 3.45. The van der Waals surface area contributed by atoms with Crippen LogP contribution < -0.4 is 5.32 Å². The van der Waals surface area contributed by atoms with E-state index in [4.69, 9.17) is 4.74 Å². The van der Waals surface area contributed by atoms with Gasteiger partial charge in [-0.15, -0.1) is 0 Å². The van der Waals surface area contributed by atoms with Crippen LogP contribution in [0.5, 0.6) is 0 Å². The van der Waals surface area contributed by atoms with Crippen molar-refractivity contribution >= 4 is 39.4 Å². The zero-order valence-electron chi connectivity index (χ0n) is 17.4. The van der Waals surface area contributed by atoms with E-state index in [-0.39, 0.29) is 18.5 Å². The summed E-state index contributed by atoms with van der Waals surface area (Å²) in [5, 5.41) is 5.16. The van der Waals surface area contributed by atoms with E-state index in [0.717, 1.165) is 35.5 Å². The molecular formula is C25H28N2O3. The van der Waals surface area contributed by atoms with Gasteiger partial charge in [0.15, 0.2) is 6.61 Å². The van der Waals surface area contributed by atoms with Crippen molar-refractivity contribution in [3.05, 3.63) is 42.5 Å². The van der Waals surface area contributed by atoms with E-state index in [1.165, 1.54) is 30.2 Å². The molecule has 1 N–H and O–H groups in total. The standard InChI is InChI=1S/C25H28N2O3/c1-2-27-22-6-4-3-5-20(22)21-14-19(9-10-23(21)27)26-24(28)15-30-25(29)13-18-12-16-7-8-17(18)11-16/h3-6,9-10,14,16-18H,2,7-8,11-13,15H2,1H3,(H,26,28)/t16-,17-,18-/m1/s1. The highest BCUT2D eigenvalue weighted by Crippen LogP contribution is 2.49. The highest BCUT2D eigenvalue weighted by molar-refractivity contribution is 6.09. The fourth-order valence-corrected chi connectivity index (χ4v) is 5.71. The fraction of sp³-hybridized carbons (Fsp3) is 0.440. The predicted octanol–water partition coefficient (Wildman–Crippen LogP) is 5.12. The second-order valence-electron chi connectivity index (χ2n) is 8.84. The van der Waals surface area contributed by atoms with Gasteiger partial charge in [-0.2, -0.15) is 0 Å². The molecule has 3 aromatic rings. The van der Waals surface area contributed by atoms with Crippen LogP contribution in [-0.4, -0.2) is 23.1 Å². The minimum Gasteiger partial charge on any atom is -0.456 e. The maximum Gasteiger partial charge on any atom is 0.306 e. The van der Waals surface area contributed by atoms with Gasteiger partial charge in [0.2, 0.25) is 0 Å². The van der Waals surface area contributed by atoms with Gasteiger partial charge in [0, 0.05) is 40.5 Å². The van der Waals surface area contributed by atoms with E-state index in [1.807, 2.05) is 30.3 Å². The van der Waals surface area contributed by atoms with Crippen molar-refractivity contribution in [2.75, 3.05) is 11.9 Å². The summed E-state index contributed by atoms with van der Waals surface area (Å²) in [5.74, 6) is 1.41. The number of esters is 1. The number of aromatic nitrogens is 1. The summed E-state index contributed by atoms with van der Waals surface area (Å²) in [6, 6.07) is 14.2. The Labute approximate surface area is 176 Å². The van der Waals surface area contributed by atoms with Crippen molar-refractivity contribution in [3.63, 3.8) is 0 Å². The molecule has 1 heterocycles. The molecule has 2 aromatic carbocycles. The molecule has 5 nitrogen and oxygen atoms in total. The van der Waals surface area contributed by atoms with Gasteiger partial charge in [-0.05, 0) is 68.2 Å². The fourth-order valence-electron chi connectivity index (χ4n) is 5.71. The number of hydrogen-bond acceptors (Lipinski definition) is 3. The third-order valence-corrected chi connectivity index (χ3v) is 7.05. The number of aryl methyl sites for hydroxylation is 1. The molecule has 5 rings (SSSR count). The van der Waals surface area contributed by atoms with E-state index in [2.05, 4.69) is 28.9 Å². The number of benzene rings is 2. The zero-order chi connectivity index (χ0) is 20.7. The van der Waals surface area contributed by atoms with Crippen LogP contribution in [0.4, 0.5) is 5.69 Å². The molecule has 0 spiro atoms. The van der Waals surface area contributed by atoms with Gasteiger partial charge in [0.05, 0.1) is 0 Å². The van der Waals surface area contributed by atoms with Crippen LogP contribution in [0, 0.1) is 17.8 Å². The number of fused-ring (bicyclic) bond motifs is 5. The van der Waals surface area contributed by atoms with Gasteiger partial charge < -0.3 is 14.6 Å². The summed E-state index contributed by atoms with van der Waals surface area (Å²) >= 11 is 0. The molecule has 0 saturated heterocycles. The van der Waals surface area contributed by atoms with E-state index >= 15 is 0 Å². The number of para-hydroxylation sites is 1. The van der Waals surface area contributed by atoms with Crippen LogP contribution in [0.2, 0.25) is 0 Å². The van der Waals surface area contributed by atoms with Gasteiger partial charge in [0.1, 0.15) is 0 Å². The van der Waals surface area contributed by atoms with Crippen molar-refractivity contribution in [2.45, 2.75) is 45.6 Å². The molecule has 30 heavy (non-hydrogen) atoms. The van der Waals surface area contributed by atoms with Crippen LogP contribution in [0.25, 0.3) is 21.8 Å². The summed E-state index contributed by atoms with van der Waals surface area (Å²) in [6.07, 6.45) is 5.45. The Morgan fingerprint density at radius 1 is 1.07 bits per heavy atom.